The molecule has 3 atom stereocenters. The summed E-state index contributed by atoms with van der Waals surface area (Å²) >= 11 is 0. The maximum atomic E-state index is 9.35. The lowest BCUT2D eigenvalue weighted by molar-refractivity contribution is 0.0936. The average molecular weight is 242 g/mol. The van der Waals surface area contributed by atoms with Crippen LogP contribution < -0.4 is 5.32 Å². The number of aliphatic hydroxyl groups is 1. The highest BCUT2D eigenvalue weighted by molar-refractivity contribution is 4.83. The molecule has 17 heavy (non-hydrogen) atoms. The van der Waals surface area contributed by atoms with E-state index in [1.807, 2.05) is 7.05 Å². The fourth-order valence-electron chi connectivity index (χ4n) is 2.85. The molecule has 0 radical (unpaired) electrons. The first-order chi connectivity index (χ1) is 8.02. The van der Waals surface area contributed by atoms with Gasteiger partial charge < -0.3 is 10.4 Å². The van der Waals surface area contributed by atoms with Crippen LogP contribution in [0.2, 0.25) is 0 Å². The summed E-state index contributed by atoms with van der Waals surface area (Å²) in [5.41, 5.74) is -0.109. The van der Waals surface area contributed by atoms with Gasteiger partial charge in [-0.1, -0.05) is 6.42 Å². The third kappa shape index (κ3) is 4.23. The largest absolute Gasteiger partial charge is 0.394 e. The summed E-state index contributed by atoms with van der Waals surface area (Å²) < 4.78 is 0. The first-order valence-corrected chi connectivity index (χ1v) is 7.08. The van der Waals surface area contributed by atoms with E-state index in [-0.39, 0.29) is 12.1 Å². The van der Waals surface area contributed by atoms with Crippen LogP contribution in [0.5, 0.6) is 0 Å². The SMILES string of the molecule is CNC(C)(CO)CCCN1[C@H](C)CCC[C@@H]1C. The van der Waals surface area contributed by atoms with E-state index in [4.69, 9.17) is 0 Å². The Balaban J connectivity index is 2.34. The molecule has 0 spiro atoms. The summed E-state index contributed by atoms with van der Waals surface area (Å²) in [6.07, 6.45) is 6.26. The van der Waals surface area contributed by atoms with Crippen LogP contribution in [0, 0.1) is 0 Å². The van der Waals surface area contributed by atoms with Gasteiger partial charge in [0, 0.05) is 17.6 Å². The van der Waals surface area contributed by atoms with Crippen LogP contribution in [0.1, 0.15) is 52.9 Å². The molecule has 3 nitrogen and oxygen atoms in total. The Morgan fingerprint density at radius 2 is 1.88 bits per heavy atom. The number of piperidine rings is 1. The highest BCUT2D eigenvalue weighted by Gasteiger charge is 2.25. The smallest absolute Gasteiger partial charge is 0.0610 e. The minimum Gasteiger partial charge on any atom is -0.394 e. The van der Waals surface area contributed by atoms with Crippen molar-refractivity contribution in [2.24, 2.45) is 0 Å². The molecule has 1 heterocycles. The predicted octanol–water partition coefficient (Wildman–Crippen LogP) is 2.00. The van der Waals surface area contributed by atoms with E-state index in [1.165, 1.54) is 25.8 Å². The van der Waals surface area contributed by atoms with Gasteiger partial charge in [-0.3, -0.25) is 4.90 Å². The van der Waals surface area contributed by atoms with Gasteiger partial charge >= 0.3 is 0 Å². The minimum absolute atomic E-state index is 0.109. The molecule has 102 valence electrons. The average Bonchev–Trinajstić information content (AvgIpc) is 2.32. The third-order valence-corrected chi connectivity index (χ3v) is 4.47. The molecule has 0 bridgehead atoms. The normalized spacial score (nSPS) is 30.2. The van der Waals surface area contributed by atoms with Crippen molar-refractivity contribution < 1.29 is 5.11 Å². The monoisotopic (exact) mass is 242 g/mol. The van der Waals surface area contributed by atoms with Crippen molar-refractivity contribution in [3.8, 4) is 0 Å². The van der Waals surface area contributed by atoms with Crippen LogP contribution >= 0.6 is 0 Å². The maximum absolute atomic E-state index is 9.35. The maximum Gasteiger partial charge on any atom is 0.0610 e. The Hall–Kier alpha value is -0.120. The quantitative estimate of drug-likeness (QED) is 0.748. The molecule has 0 amide bonds. The molecule has 1 unspecified atom stereocenters. The summed E-state index contributed by atoms with van der Waals surface area (Å²) in [7, 11) is 1.93. The fraction of sp³-hybridized carbons (Fsp3) is 1.00. The van der Waals surface area contributed by atoms with E-state index >= 15 is 0 Å². The zero-order valence-electron chi connectivity index (χ0n) is 12.0. The number of likely N-dealkylation sites (N-methyl/N-ethyl adjacent to an activating group) is 1. The topological polar surface area (TPSA) is 35.5 Å². The Labute approximate surface area is 107 Å². The molecule has 0 aromatic carbocycles. The molecule has 0 aromatic rings. The molecule has 1 aliphatic rings. The van der Waals surface area contributed by atoms with E-state index in [0.29, 0.717) is 0 Å². The number of aliphatic hydroxyl groups excluding tert-OH is 1. The van der Waals surface area contributed by atoms with Crippen LogP contribution in [0.4, 0.5) is 0 Å². The molecule has 0 aromatic heterocycles. The van der Waals surface area contributed by atoms with Gasteiger partial charge in [-0.05, 0) is 60.0 Å². The predicted molar refractivity (Wildman–Crippen MR) is 73.3 cm³/mol. The van der Waals surface area contributed by atoms with Gasteiger partial charge in [0.1, 0.15) is 0 Å². The second kappa shape index (κ2) is 6.72. The summed E-state index contributed by atoms with van der Waals surface area (Å²) in [5, 5.41) is 12.6. The molecule has 1 rings (SSSR count). The van der Waals surface area contributed by atoms with Crippen molar-refractivity contribution in [3.05, 3.63) is 0 Å². The second-order valence-corrected chi connectivity index (χ2v) is 5.94. The lowest BCUT2D eigenvalue weighted by atomic mass is 9.94. The van der Waals surface area contributed by atoms with Gasteiger partial charge in [0.25, 0.3) is 0 Å². The third-order valence-electron chi connectivity index (χ3n) is 4.47. The highest BCUT2D eigenvalue weighted by Crippen LogP contribution is 2.23. The Bertz CT molecular complexity index is 206. The first-order valence-electron chi connectivity index (χ1n) is 7.08. The minimum atomic E-state index is -0.109. The zero-order valence-corrected chi connectivity index (χ0v) is 12.0. The van der Waals surface area contributed by atoms with Gasteiger partial charge in [-0.25, -0.2) is 0 Å². The molecular weight excluding hydrogens is 212 g/mol. The van der Waals surface area contributed by atoms with Crippen molar-refractivity contribution in [1.82, 2.24) is 10.2 Å². The summed E-state index contributed by atoms with van der Waals surface area (Å²) in [5.74, 6) is 0. The highest BCUT2D eigenvalue weighted by atomic mass is 16.3. The number of rotatable bonds is 6. The van der Waals surface area contributed by atoms with Gasteiger partial charge in [0.05, 0.1) is 6.61 Å². The van der Waals surface area contributed by atoms with Crippen molar-refractivity contribution in [2.45, 2.75) is 70.5 Å². The van der Waals surface area contributed by atoms with E-state index in [9.17, 15) is 5.11 Å². The van der Waals surface area contributed by atoms with E-state index in [1.54, 1.807) is 0 Å². The van der Waals surface area contributed by atoms with Crippen molar-refractivity contribution >= 4 is 0 Å². The number of hydrogen-bond donors (Lipinski definition) is 2. The molecule has 3 heteroatoms. The van der Waals surface area contributed by atoms with Crippen LogP contribution in [0.15, 0.2) is 0 Å². The Kier molecular flexibility index (Phi) is 5.90. The van der Waals surface area contributed by atoms with Crippen LogP contribution in [0.25, 0.3) is 0 Å². The molecule has 2 N–H and O–H groups in total. The van der Waals surface area contributed by atoms with Crippen molar-refractivity contribution in [1.29, 1.82) is 0 Å². The fourth-order valence-corrected chi connectivity index (χ4v) is 2.85. The van der Waals surface area contributed by atoms with Gasteiger partial charge in [-0.15, -0.1) is 0 Å². The summed E-state index contributed by atoms with van der Waals surface area (Å²) in [6, 6.07) is 1.46. The van der Waals surface area contributed by atoms with Crippen molar-refractivity contribution in [2.75, 3.05) is 20.2 Å². The molecule has 1 fully saturated rings. The number of likely N-dealkylation sites (tertiary alicyclic amines) is 1. The number of nitrogens with one attached hydrogen (secondary N) is 1. The summed E-state index contributed by atoms with van der Waals surface area (Å²) in [4.78, 5) is 2.64. The lowest BCUT2D eigenvalue weighted by Gasteiger charge is -2.39. The number of nitrogens with zero attached hydrogens (tertiary/aromatic N) is 1. The van der Waals surface area contributed by atoms with E-state index in [0.717, 1.165) is 24.9 Å². The van der Waals surface area contributed by atoms with E-state index in [2.05, 4.69) is 31.0 Å². The Morgan fingerprint density at radius 3 is 2.35 bits per heavy atom. The molecule has 1 saturated heterocycles. The molecular formula is C14H30N2O. The van der Waals surface area contributed by atoms with Crippen LogP contribution in [-0.2, 0) is 0 Å². The second-order valence-electron chi connectivity index (χ2n) is 5.94. The zero-order chi connectivity index (χ0) is 12.9. The van der Waals surface area contributed by atoms with Gasteiger partial charge in [0.15, 0.2) is 0 Å². The molecule has 0 aliphatic carbocycles. The molecule has 0 saturated carbocycles. The van der Waals surface area contributed by atoms with Gasteiger partial charge in [-0.2, -0.15) is 0 Å². The lowest BCUT2D eigenvalue weighted by Crippen LogP contribution is -2.46. The van der Waals surface area contributed by atoms with Crippen LogP contribution in [0.3, 0.4) is 0 Å². The van der Waals surface area contributed by atoms with Crippen LogP contribution in [-0.4, -0.2) is 47.8 Å². The van der Waals surface area contributed by atoms with E-state index < -0.39 is 0 Å². The standard InChI is InChI=1S/C14H30N2O/c1-12-7-5-8-13(2)16(12)10-6-9-14(3,11-17)15-4/h12-13,15,17H,5-11H2,1-4H3/t12-,13+,14?. The first kappa shape index (κ1) is 14.9. The van der Waals surface area contributed by atoms with Crippen molar-refractivity contribution in [3.63, 3.8) is 0 Å². The van der Waals surface area contributed by atoms with Gasteiger partial charge in [0.2, 0.25) is 0 Å². The summed E-state index contributed by atoms with van der Waals surface area (Å²) in [6.45, 7) is 8.17. The Morgan fingerprint density at radius 1 is 1.29 bits per heavy atom. The molecule has 1 aliphatic heterocycles. The number of hydrogen-bond acceptors (Lipinski definition) is 3.